The van der Waals surface area contributed by atoms with E-state index in [1.54, 1.807) is 29.4 Å². The van der Waals surface area contributed by atoms with E-state index in [-0.39, 0.29) is 5.91 Å². The zero-order chi connectivity index (χ0) is 17.1. The molecule has 0 aliphatic rings. The number of carbonyl (C=O) groups excluding carboxylic acids is 1. The number of rotatable bonds is 5. The number of hydrogen-bond acceptors (Lipinski definition) is 5. The standard InChI is InChI=1S/C18H19N3O2S/c1-12(2)17-19-10-16(24-17)13-4-6-14(7-5-13)18(22)21(3)11-15-8-9-23-20-15/h4-10,12H,11H2,1-3H3. The number of thiazole rings is 1. The molecule has 0 fully saturated rings. The third-order valence-electron chi connectivity index (χ3n) is 3.67. The number of amides is 1. The Balaban J connectivity index is 1.72. The first-order valence-corrected chi connectivity index (χ1v) is 8.57. The highest BCUT2D eigenvalue weighted by atomic mass is 32.1. The van der Waals surface area contributed by atoms with E-state index in [0.29, 0.717) is 18.0 Å². The highest BCUT2D eigenvalue weighted by molar-refractivity contribution is 7.15. The molecule has 2 heterocycles. The van der Waals surface area contributed by atoms with Crippen molar-refractivity contribution in [3.63, 3.8) is 0 Å². The summed E-state index contributed by atoms with van der Waals surface area (Å²) in [6.07, 6.45) is 3.40. The Morgan fingerprint density at radius 1 is 1.25 bits per heavy atom. The monoisotopic (exact) mass is 341 g/mol. The lowest BCUT2D eigenvalue weighted by atomic mass is 10.1. The third kappa shape index (κ3) is 3.54. The van der Waals surface area contributed by atoms with Crippen LogP contribution in [0.5, 0.6) is 0 Å². The molecule has 24 heavy (non-hydrogen) atoms. The summed E-state index contributed by atoms with van der Waals surface area (Å²) in [5, 5.41) is 4.95. The molecule has 3 aromatic rings. The van der Waals surface area contributed by atoms with E-state index in [4.69, 9.17) is 4.52 Å². The number of hydrogen-bond donors (Lipinski definition) is 0. The SMILES string of the molecule is CC(C)c1ncc(-c2ccc(C(=O)N(C)Cc3ccon3)cc2)s1. The van der Waals surface area contributed by atoms with Gasteiger partial charge >= 0.3 is 0 Å². The minimum atomic E-state index is -0.0447. The van der Waals surface area contributed by atoms with Crippen LogP contribution in [0.25, 0.3) is 10.4 Å². The van der Waals surface area contributed by atoms with Gasteiger partial charge in [-0.05, 0) is 17.7 Å². The molecule has 1 amide bonds. The fourth-order valence-corrected chi connectivity index (χ4v) is 3.25. The maximum atomic E-state index is 12.5. The van der Waals surface area contributed by atoms with Gasteiger partial charge in [-0.3, -0.25) is 4.79 Å². The molecule has 0 saturated carbocycles. The zero-order valence-corrected chi connectivity index (χ0v) is 14.7. The van der Waals surface area contributed by atoms with Crippen LogP contribution >= 0.6 is 11.3 Å². The fourth-order valence-electron chi connectivity index (χ4n) is 2.32. The van der Waals surface area contributed by atoms with Gasteiger partial charge in [0.15, 0.2) is 0 Å². The Morgan fingerprint density at radius 2 is 2.00 bits per heavy atom. The highest BCUT2D eigenvalue weighted by Gasteiger charge is 2.14. The highest BCUT2D eigenvalue weighted by Crippen LogP contribution is 2.29. The molecule has 0 bridgehead atoms. The molecule has 0 unspecified atom stereocenters. The van der Waals surface area contributed by atoms with Gasteiger partial charge in [-0.15, -0.1) is 11.3 Å². The molecule has 124 valence electrons. The number of benzene rings is 1. The largest absolute Gasteiger partial charge is 0.364 e. The summed E-state index contributed by atoms with van der Waals surface area (Å²) in [6.45, 7) is 4.69. The summed E-state index contributed by atoms with van der Waals surface area (Å²) in [4.78, 5) is 19.7. The molecule has 0 N–H and O–H groups in total. The van der Waals surface area contributed by atoms with E-state index in [2.05, 4.69) is 24.0 Å². The lowest BCUT2D eigenvalue weighted by molar-refractivity contribution is 0.0782. The van der Waals surface area contributed by atoms with E-state index in [1.165, 1.54) is 6.26 Å². The topological polar surface area (TPSA) is 59.2 Å². The van der Waals surface area contributed by atoms with Crippen molar-refractivity contribution in [2.24, 2.45) is 0 Å². The average Bonchev–Trinajstić information content (AvgIpc) is 3.26. The Bertz CT molecular complexity index is 807. The van der Waals surface area contributed by atoms with E-state index >= 15 is 0 Å². The normalized spacial score (nSPS) is 11.0. The lowest BCUT2D eigenvalue weighted by Gasteiger charge is -2.15. The summed E-state index contributed by atoms with van der Waals surface area (Å²) in [7, 11) is 1.75. The molecule has 0 spiro atoms. The van der Waals surface area contributed by atoms with Gasteiger partial charge in [0.1, 0.15) is 12.0 Å². The molecule has 2 aromatic heterocycles. The van der Waals surface area contributed by atoms with Gasteiger partial charge in [0, 0.05) is 30.8 Å². The fraction of sp³-hybridized carbons (Fsp3) is 0.278. The smallest absolute Gasteiger partial charge is 0.253 e. The first-order chi connectivity index (χ1) is 11.5. The van der Waals surface area contributed by atoms with Crippen LogP contribution in [0.4, 0.5) is 0 Å². The molecule has 5 nitrogen and oxygen atoms in total. The Hall–Kier alpha value is -2.47. The van der Waals surface area contributed by atoms with Crippen LogP contribution in [-0.2, 0) is 6.54 Å². The minimum Gasteiger partial charge on any atom is -0.364 e. The summed E-state index contributed by atoms with van der Waals surface area (Å²) < 4.78 is 4.79. The summed E-state index contributed by atoms with van der Waals surface area (Å²) in [5.74, 6) is 0.381. The van der Waals surface area contributed by atoms with Crippen molar-refractivity contribution in [3.05, 3.63) is 59.1 Å². The van der Waals surface area contributed by atoms with Crippen molar-refractivity contribution in [3.8, 4) is 10.4 Å². The van der Waals surface area contributed by atoms with Gasteiger partial charge < -0.3 is 9.42 Å². The van der Waals surface area contributed by atoms with Gasteiger partial charge in [-0.25, -0.2) is 4.98 Å². The van der Waals surface area contributed by atoms with Crippen LogP contribution in [-0.4, -0.2) is 28.0 Å². The Kier molecular flexibility index (Phi) is 4.76. The second-order valence-electron chi connectivity index (χ2n) is 5.95. The first kappa shape index (κ1) is 16.4. The van der Waals surface area contributed by atoms with Crippen LogP contribution in [0.1, 0.15) is 40.8 Å². The van der Waals surface area contributed by atoms with Crippen LogP contribution in [0, 0.1) is 0 Å². The average molecular weight is 341 g/mol. The number of carbonyl (C=O) groups is 1. The van der Waals surface area contributed by atoms with E-state index in [9.17, 15) is 4.79 Å². The van der Waals surface area contributed by atoms with Crippen molar-refractivity contribution in [2.75, 3.05) is 7.05 Å². The maximum Gasteiger partial charge on any atom is 0.253 e. The quantitative estimate of drug-likeness (QED) is 0.698. The molecule has 0 atom stereocenters. The molecule has 3 rings (SSSR count). The van der Waals surface area contributed by atoms with E-state index in [1.807, 2.05) is 30.5 Å². The predicted molar refractivity (Wildman–Crippen MR) is 93.9 cm³/mol. The van der Waals surface area contributed by atoms with Crippen LogP contribution < -0.4 is 0 Å². The molecule has 0 aliphatic heterocycles. The van der Waals surface area contributed by atoms with Crippen molar-refractivity contribution in [1.29, 1.82) is 0 Å². The van der Waals surface area contributed by atoms with Crippen molar-refractivity contribution >= 4 is 17.2 Å². The van der Waals surface area contributed by atoms with Crippen molar-refractivity contribution < 1.29 is 9.32 Å². The predicted octanol–water partition coefficient (Wildman–Crippen LogP) is 4.19. The zero-order valence-electron chi connectivity index (χ0n) is 13.9. The summed E-state index contributed by atoms with van der Waals surface area (Å²) in [5.41, 5.74) is 2.46. The third-order valence-corrected chi connectivity index (χ3v) is 5.02. The van der Waals surface area contributed by atoms with Crippen molar-refractivity contribution in [1.82, 2.24) is 15.0 Å². The molecular weight excluding hydrogens is 322 g/mol. The van der Waals surface area contributed by atoms with Crippen molar-refractivity contribution in [2.45, 2.75) is 26.3 Å². The second-order valence-corrected chi connectivity index (χ2v) is 7.01. The van der Waals surface area contributed by atoms with Crippen LogP contribution in [0.15, 0.2) is 47.3 Å². The van der Waals surface area contributed by atoms with Gasteiger partial charge in [0.2, 0.25) is 0 Å². The van der Waals surface area contributed by atoms with Gasteiger partial charge in [0.05, 0.1) is 16.4 Å². The Labute approximate surface area is 144 Å². The summed E-state index contributed by atoms with van der Waals surface area (Å²) >= 11 is 1.69. The minimum absolute atomic E-state index is 0.0447. The number of aromatic nitrogens is 2. The Morgan fingerprint density at radius 3 is 2.58 bits per heavy atom. The van der Waals surface area contributed by atoms with Crippen LogP contribution in [0.3, 0.4) is 0 Å². The second kappa shape index (κ2) is 6.97. The molecule has 1 aromatic carbocycles. The van der Waals surface area contributed by atoms with E-state index < -0.39 is 0 Å². The lowest BCUT2D eigenvalue weighted by Crippen LogP contribution is -2.26. The molecule has 0 radical (unpaired) electrons. The first-order valence-electron chi connectivity index (χ1n) is 7.75. The molecule has 0 saturated heterocycles. The van der Waals surface area contributed by atoms with Gasteiger partial charge in [-0.1, -0.05) is 31.1 Å². The number of nitrogens with zero attached hydrogens (tertiary/aromatic N) is 3. The van der Waals surface area contributed by atoms with Crippen LogP contribution in [0.2, 0.25) is 0 Å². The summed E-state index contributed by atoms with van der Waals surface area (Å²) in [6, 6.07) is 9.39. The van der Waals surface area contributed by atoms with Gasteiger partial charge in [0.25, 0.3) is 5.91 Å². The van der Waals surface area contributed by atoms with Gasteiger partial charge in [-0.2, -0.15) is 0 Å². The maximum absolute atomic E-state index is 12.5. The molecular formula is C18H19N3O2S. The molecule has 0 aliphatic carbocycles. The van der Waals surface area contributed by atoms with E-state index in [0.717, 1.165) is 21.1 Å². The molecule has 6 heteroatoms.